The molecule has 5 rings (SSSR count). The molecule has 0 aliphatic carbocycles. The zero-order valence-electron chi connectivity index (χ0n) is 17.0. The number of aromatic nitrogens is 2. The van der Waals surface area contributed by atoms with Gasteiger partial charge in [-0.3, -0.25) is 19.4 Å². The summed E-state index contributed by atoms with van der Waals surface area (Å²) in [6.07, 6.45) is 2.58. The summed E-state index contributed by atoms with van der Waals surface area (Å²) in [4.78, 5) is 29.6. The molecule has 0 bridgehead atoms. The SMILES string of the molecule is Cn1nc2c(cc1=O)CN(CC(=O)N1c3ccccc3CCc3ccccc31)CC2. The zero-order chi connectivity index (χ0) is 20.7. The van der Waals surface area contributed by atoms with Crippen LogP contribution in [0.5, 0.6) is 0 Å². The third-order valence-electron chi connectivity index (χ3n) is 6.05. The molecule has 0 radical (unpaired) electrons. The quantitative estimate of drug-likeness (QED) is 0.664. The highest BCUT2D eigenvalue weighted by Gasteiger charge is 2.28. The first-order valence-electron chi connectivity index (χ1n) is 10.4. The van der Waals surface area contributed by atoms with Crippen molar-refractivity contribution < 1.29 is 4.79 Å². The fourth-order valence-electron chi connectivity index (χ4n) is 4.50. The number of para-hydroxylation sites is 2. The maximum absolute atomic E-state index is 13.6. The second-order valence-electron chi connectivity index (χ2n) is 8.03. The minimum absolute atomic E-state index is 0.0528. The summed E-state index contributed by atoms with van der Waals surface area (Å²) >= 11 is 0. The van der Waals surface area contributed by atoms with Crippen LogP contribution in [-0.4, -0.2) is 33.7 Å². The van der Waals surface area contributed by atoms with Crippen LogP contribution in [0.15, 0.2) is 59.4 Å². The fourth-order valence-corrected chi connectivity index (χ4v) is 4.50. The average Bonchev–Trinajstić information content (AvgIpc) is 2.92. The van der Waals surface area contributed by atoms with Gasteiger partial charge < -0.3 is 0 Å². The summed E-state index contributed by atoms with van der Waals surface area (Å²) < 4.78 is 1.38. The molecule has 0 saturated heterocycles. The molecule has 0 saturated carbocycles. The van der Waals surface area contributed by atoms with Crippen LogP contribution >= 0.6 is 0 Å². The number of amides is 1. The molecule has 6 heteroatoms. The van der Waals surface area contributed by atoms with Crippen LogP contribution in [0.1, 0.15) is 22.4 Å². The largest absolute Gasteiger partial charge is 0.290 e. The standard InChI is InChI=1S/C24H24N4O2/c1-26-23(29)14-19-15-27(13-12-20(19)25-26)16-24(30)28-21-8-4-2-6-17(21)10-11-18-7-3-5-9-22(18)28/h2-9,14H,10-13,15-16H2,1H3. The maximum Gasteiger partial charge on any atom is 0.266 e. The number of carbonyl (C=O) groups excluding carboxylic acids is 1. The smallest absolute Gasteiger partial charge is 0.266 e. The highest BCUT2D eigenvalue weighted by atomic mass is 16.2. The third-order valence-corrected chi connectivity index (χ3v) is 6.05. The van der Waals surface area contributed by atoms with Gasteiger partial charge in [-0.05, 0) is 41.7 Å². The number of rotatable bonds is 2. The number of benzene rings is 2. The minimum Gasteiger partial charge on any atom is -0.290 e. The Morgan fingerprint density at radius 1 is 0.933 bits per heavy atom. The van der Waals surface area contributed by atoms with E-state index in [1.54, 1.807) is 13.1 Å². The van der Waals surface area contributed by atoms with Gasteiger partial charge in [0, 0.05) is 32.6 Å². The van der Waals surface area contributed by atoms with Crippen LogP contribution in [0, 0.1) is 0 Å². The number of hydrogen-bond donors (Lipinski definition) is 0. The van der Waals surface area contributed by atoms with Gasteiger partial charge in [-0.25, -0.2) is 4.68 Å². The van der Waals surface area contributed by atoms with Gasteiger partial charge in [0.25, 0.3) is 5.56 Å². The Morgan fingerprint density at radius 2 is 1.57 bits per heavy atom. The van der Waals surface area contributed by atoms with E-state index >= 15 is 0 Å². The van der Waals surface area contributed by atoms with Crippen LogP contribution in [0.3, 0.4) is 0 Å². The number of aryl methyl sites for hydroxylation is 3. The molecule has 152 valence electrons. The van der Waals surface area contributed by atoms with Gasteiger partial charge in [-0.1, -0.05) is 36.4 Å². The van der Waals surface area contributed by atoms with E-state index in [4.69, 9.17) is 0 Å². The molecule has 1 aromatic heterocycles. The number of carbonyl (C=O) groups is 1. The number of fused-ring (bicyclic) bond motifs is 3. The van der Waals surface area contributed by atoms with Crippen molar-refractivity contribution in [2.75, 3.05) is 18.0 Å². The Bertz CT molecular complexity index is 1140. The first kappa shape index (κ1) is 18.8. The zero-order valence-corrected chi connectivity index (χ0v) is 17.0. The average molecular weight is 400 g/mol. The third kappa shape index (κ3) is 3.33. The van der Waals surface area contributed by atoms with E-state index < -0.39 is 0 Å². The lowest BCUT2D eigenvalue weighted by atomic mass is 10.0. The van der Waals surface area contributed by atoms with E-state index in [0.717, 1.165) is 48.4 Å². The molecule has 0 unspecified atom stereocenters. The second-order valence-corrected chi connectivity index (χ2v) is 8.03. The summed E-state index contributed by atoms with van der Waals surface area (Å²) in [7, 11) is 1.67. The van der Waals surface area contributed by atoms with Gasteiger partial charge in [0.1, 0.15) is 0 Å². The van der Waals surface area contributed by atoms with E-state index in [-0.39, 0.29) is 11.5 Å². The molecular weight excluding hydrogens is 376 g/mol. The van der Waals surface area contributed by atoms with Crippen molar-refractivity contribution in [3.63, 3.8) is 0 Å². The predicted molar refractivity (Wildman–Crippen MR) is 116 cm³/mol. The lowest BCUT2D eigenvalue weighted by Crippen LogP contribution is -2.41. The van der Waals surface area contributed by atoms with Crippen molar-refractivity contribution in [1.29, 1.82) is 0 Å². The summed E-state index contributed by atoms with van der Waals surface area (Å²) in [5.74, 6) is 0.0528. The van der Waals surface area contributed by atoms with Gasteiger partial charge in [0.15, 0.2) is 0 Å². The Morgan fingerprint density at radius 3 is 2.23 bits per heavy atom. The van der Waals surface area contributed by atoms with Crippen molar-refractivity contribution in [3.8, 4) is 0 Å². The molecule has 0 fully saturated rings. The molecule has 2 aliphatic rings. The normalized spacial score (nSPS) is 15.7. The van der Waals surface area contributed by atoms with Gasteiger partial charge in [-0.2, -0.15) is 5.10 Å². The number of anilines is 2. The predicted octanol–water partition coefficient (Wildman–Crippen LogP) is 2.60. The Labute approximate surface area is 175 Å². The molecule has 30 heavy (non-hydrogen) atoms. The molecular formula is C24H24N4O2. The molecule has 3 heterocycles. The van der Waals surface area contributed by atoms with E-state index in [1.807, 2.05) is 41.3 Å². The number of hydrogen-bond acceptors (Lipinski definition) is 4. The fraction of sp³-hybridized carbons (Fsp3) is 0.292. The van der Waals surface area contributed by atoms with Crippen LogP contribution in [0.25, 0.3) is 0 Å². The second kappa shape index (κ2) is 7.54. The van der Waals surface area contributed by atoms with Crippen molar-refractivity contribution in [3.05, 3.63) is 87.3 Å². The molecule has 0 N–H and O–H groups in total. The van der Waals surface area contributed by atoms with Crippen molar-refractivity contribution >= 4 is 17.3 Å². The van der Waals surface area contributed by atoms with Crippen LogP contribution < -0.4 is 10.5 Å². The molecule has 1 amide bonds. The van der Waals surface area contributed by atoms with Crippen molar-refractivity contribution in [1.82, 2.24) is 14.7 Å². The first-order valence-corrected chi connectivity index (χ1v) is 10.4. The van der Waals surface area contributed by atoms with E-state index in [0.29, 0.717) is 13.1 Å². The van der Waals surface area contributed by atoms with Gasteiger partial charge in [-0.15, -0.1) is 0 Å². The van der Waals surface area contributed by atoms with Crippen LogP contribution in [0.2, 0.25) is 0 Å². The monoisotopic (exact) mass is 400 g/mol. The minimum atomic E-state index is -0.114. The Balaban J connectivity index is 1.45. The van der Waals surface area contributed by atoms with E-state index in [9.17, 15) is 9.59 Å². The first-order chi connectivity index (χ1) is 14.6. The van der Waals surface area contributed by atoms with Crippen LogP contribution in [0.4, 0.5) is 11.4 Å². The van der Waals surface area contributed by atoms with Gasteiger partial charge in [0.2, 0.25) is 5.91 Å². The van der Waals surface area contributed by atoms with Crippen molar-refractivity contribution in [2.45, 2.75) is 25.8 Å². The summed E-state index contributed by atoms with van der Waals surface area (Å²) in [5, 5.41) is 4.37. The topological polar surface area (TPSA) is 58.4 Å². The van der Waals surface area contributed by atoms with Gasteiger partial charge >= 0.3 is 0 Å². The molecule has 6 nitrogen and oxygen atoms in total. The highest BCUT2D eigenvalue weighted by Crippen LogP contribution is 2.36. The van der Waals surface area contributed by atoms with Crippen molar-refractivity contribution in [2.24, 2.45) is 7.05 Å². The molecule has 3 aromatic rings. The summed E-state index contributed by atoms with van der Waals surface area (Å²) in [6.45, 7) is 1.62. The summed E-state index contributed by atoms with van der Waals surface area (Å²) in [6, 6.07) is 18.0. The molecule has 2 aliphatic heterocycles. The number of nitrogens with zero attached hydrogens (tertiary/aromatic N) is 4. The molecule has 0 spiro atoms. The summed E-state index contributed by atoms with van der Waals surface area (Å²) in [5.41, 5.74) is 6.09. The van der Waals surface area contributed by atoms with E-state index in [2.05, 4.69) is 22.1 Å². The Hall–Kier alpha value is -3.25. The highest BCUT2D eigenvalue weighted by molar-refractivity contribution is 6.03. The molecule has 0 atom stereocenters. The lowest BCUT2D eigenvalue weighted by Gasteiger charge is -2.31. The lowest BCUT2D eigenvalue weighted by molar-refractivity contribution is -0.119. The van der Waals surface area contributed by atoms with Gasteiger partial charge in [0.05, 0.1) is 23.6 Å². The molecule has 2 aromatic carbocycles. The Kier molecular flexibility index (Phi) is 4.71. The van der Waals surface area contributed by atoms with Crippen LogP contribution in [-0.2, 0) is 37.6 Å². The van der Waals surface area contributed by atoms with E-state index in [1.165, 1.54) is 15.8 Å². The maximum atomic E-state index is 13.6.